The highest BCUT2D eigenvalue weighted by Crippen LogP contribution is 2.17. The van der Waals surface area contributed by atoms with Gasteiger partial charge in [-0.05, 0) is 23.5 Å². The van der Waals surface area contributed by atoms with Gasteiger partial charge in [0.15, 0.2) is 12.5 Å². The van der Waals surface area contributed by atoms with Gasteiger partial charge in [-0.1, -0.05) is 38.1 Å². The predicted octanol–water partition coefficient (Wildman–Crippen LogP) is 3.09. The molecule has 0 N–H and O–H groups in total. The molecule has 0 aliphatic carbocycles. The van der Waals surface area contributed by atoms with Gasteiger partial charge in [-0.3, -0.25) is 4.79 Å². The second kappa shape index (κ2) is 4.89. The molecule has 2 heteroatoms. The van der Waals surface area contributed by atoms with Gasteiger partial charge in [0, 0.05) is 0 Å². The van der Waals surface area contributed by atoms with Crippen molar-refractivity contribution in [1.82, 2.24) is 0 Å². The lowest BCUT2D eigenvalue weighted by atomic mass is 10.00. The van der Waals surface area contributed by atoms with E-state index < -0.39 is 6.17 Å². The lowest BCUT2D eigenvalue weighted by Gasteiger charge is -2.07. The Morgan fingerprint density at radius 3 is 2.71 bits per heavy atom. The Hall–Kier alpha value is -1.18. The van der Waals surface area contributed by atoms with Gasteiger partial charge in [-0.15, -0.1) is 0 Å². The van der Waals surface area contributed by atoms with Crippen molar-refractivity contribution in [1.29, 1.82) is 0 Å². The van der Waals surface area contributed by atoms with Crippen LogP contribution in [0.2, 0.25) is 0 Å². The number of carbonyl (C=O) groups is 1. The Balaban J connectivity index is 2.83. The zero-order valence-corrected chi connectivity index (χ0v) is 8.53. The SMILES string of the molecule is CC(C)Cc1cccc(C(F)C=O)c1. The van der Waals surface area contributed by atoms with E-state index in [1.165, 1.54) is 0 Å². The lowest BCUT2D eigenvalue weighted by Crippen LogP contribution is -1.97. The molecule has 0 fully saturated rings. The molecule has 1 nitrogen and oxygen atoms in total. The van der Waals surface area contributed by atoms with Crippen molar-refractivity contribution in [3.8, 4) is 0 Å². The van der Waals surface area contributed by atoms with Crippen molar-refractivity contribution in [3.63, 3.8) is 0 Å². The predicted molar refractivity (Wildman–Crippen MR) is 54.9 cm³/mol. The molecule has 0 amide bonds. The van der Waals surface area contributed by atoms with E-state index >= 15 is 0 Å². The summed E-state index contributed by atoms with van der Waals surface area (Å²) < 4.78 is 13.0. The average molecular weight is 194 g/mol. The van der Waals surface area contributed by atoms with Gasteiger partial charge in [-0.25, -0.2) is 4.39 Å². The molecule has 14 heavy (non-hydrogen) atoms. The van der Waals surface area contributed by atoms with Crippen molar-refractivity contribution in [3.05, 3.63) is 35.4 Å². The third kappa shape index (κ3) is 2.95. The van der Waals surface area contributed by atoms with E-state index in [9.17, 15) is 9.18 Å². The normalized spacial score (nSPS) is 12.9. The first kappa shape index (κ1) is 10.9. The molecule has 76 valence electrons. The Morgan fingerprint density at radius 2 is 2.14 bits per heavy atom. The van der Waals surface area contributed by atoms with Crippen LogP contribution in [0, 0.1) is 5.92 Å². The number of carbonyl (C=O) groups excluding carboxylic acids is 1. The summed E-state index contributed by atoms with van der Waals surface area (Å²) in [5.74, 6) is 0.541. The molecule has 0 aliphatic heterocycles. The minimum absolute atomic E-state index is 0.328. The molecular formula is C12H15FO. The molecule has 0 aromatic heterocycles. The fraction of sp³-hybridized carbons (Fsp3) is 0.417. The first-order valence-corrected chi connectivity index (χ1v) is 4.81. The van der Waals surface area contributed by atoms with Gasteiger partial charge in [0.2, 0.25) is 0 Å². The van der Waals surface area contributed by atoms with Crippen molar-refractivity contribution < 1.29 is 9.18 Å². The molecule has 1 aromatic carbocycles. The maximum Gasteiger partial charge on any atom is 0.180 e. The van der Waals surface area contributed by atoms with E-state index in [0.29, 0.717) is 17.8 Å². The van der Waals surface area contributed by atoms with Crippen LogP contribution >= 0.6 is 0 Å². The third-order valence-corrected chi connectivity index (χ3v) is 2.03. The summed E-state index contributed by atoms with van der Waals surface area (Å²) in [6.07, 6.45) is -0.240. The van der Waals surface area contributed by atoms with Gasteiger partial charge in [0.25, 0.3) is 0 Å². The van der Waals surface area contributed by atoms with Gasteiger partial charge in [0.1, 0.15) is 0 Å². The molecule has 1 atom stereocenters. The van der Waals surface area contributed by atoms with Gasteiger partial charge in [0.05, 0.1) is 0 Å². The summed E-state index contributed by atoms with van der Waals surface area (Å²) in [4.78, 5) is 10.3. The second-order valence-corrected chi connectivity index (χ2v) is 3.88. The van der Waals surface area contributed by atoms with Crippen LogP contribution < -0.4 is 0 Å². The van der Waals surface area contributed by atoms with Crippen LogP contribution in [-0.4, -0.2) is 6.29 Å². The minimum Gasteiger partial charge on any atom is -0.300 e. The zero-order chi connectivity index (χ0) is 10.6. The van der Waals surface area contributed by atoms with E-state index in [1.807, 2.05) is 6.07 Å². The number of hydrogen-bond acceptors (Lipinski definition) is 1. The summed E-state index contributed by atoms with van der Waals surface area (Å²) in [6.45, 7) is 4.22. The maximum absolute atomic E-state index is 13.0. The molecule has 1 unspecified atom stereocenters. The number of aldehydes is 1. The molecule has 0 saturated heterocycles. The standard InChI is InChI=1S/C12H15FO/c1-9(2)6-10-4-3-5-11(7-10)12(13)8-14/h3-5,7-9,12H,6H2,1-2H3. The highest BCUT2D eigenvalue weighted by Gasteiger charge is 2.08. The first-order chi connectivity index (χ1) is 6.63. The van der Waals surface area contributed by atoms with Gasteiger partial charge < -0.3 is 0 Å². The first-order valence-electron chi connectivity index (χ1n) is 4.81. The molecule has 1 aromatic rings. The quantitative estimate of drug-likeness (QED) is 0.673. The maximum atomic E-state index is 13.0. The Labute approximate surface area is 83.9 Å². The van der Waals surface area contributed by atoms with E-state index in [-0.39, 0.29) is 0 Å². The van der Waals surface area contributed by atoms with Crippen molar-refractivity contribution in [2.24, 2.45) is 5.92 Å². The van der Waals surface area contributed by atoms with Crippen LogP contribution in [0.5, 0.6) is 0 Å². The van der Waals surface area contributed by atoms with Gasteiger partial charge in [-0.2, -0.15) is 0 Å². The Bertz CT molecular complexity index is 307. The summed E-state index contributed by atoms with van der Waals surface area (Å²) in [5, 5.41) is 0. The zero-order valence-electron chi connectivity index (χ0n) is 8.53. The Morgan fingerprint density at radius 1 is 1.43 bits per heavy atom. The molecule has 0 bridgehead atoms. The smallest absolute Gasteiger partial charge is 0.180 e. The Kier molecular flexibility index (Phi) is 3.81. The molecular weight excluding hydrogens is 179 g/mol. The molecule has 0 radical (unpaired) electrons. The largest absolute Gasteiger partial charge is 0.300 e. The highest BCUT2D eigenvalue weighted by molar-refractivity contribution is 5.59. The van der Waals surface area contributed by atoms with E-state index in [0.717, 1.165) is 12.0 Å². The topological polar surface area (TPSA) is 17.1 Å². The van der Waals surface area contributed by atoms with Crippen LogP contribution in [-0.2, 0) is 11.2 Å². The van der Waals surface area contributed by atoms with E-state index in [1.54, 1.807) is 18.2 Å². The van der Waals surface area contributed by atoms with E-state index in [2.05, 4.69) is 13.8 Å². The lowest BCUT2D eigenvalue weighted by molar-refractivity contribution is -0.112. The fourth-order valence-electron chi connectivity index (χ4n) is 1.44. The third-order valence-electron chi connectivity index (χ3n) is 2.03. The molecule has 0 heterocycles. The molecule has 1 rings (SSSR count). The number of halogens is 1. The van der Waals surface area contributed by atoms with Crippen molar-refractivity contribution in [2.75, 3.05) is 0 Å². The van der Waals surface area contributed by atoms with Crippen LogP contribution in [0.25, 0.3) is 0 Å². The number of benzene rings is 1. The summed E-state index contributed by atoms with van der Waals surface area (Å²) >= 11 is 0. The summed E-state index contributed by atoms with van der Waals surface area (Å²) in [6, 6.07) is 7.16. The number of alkyl halides is 1. The summed E-state index contributed by atoms with van der Waals surface area (Å²) in [7, 11) is 0. The van der Waals surface area contributed by atoms with Crippen molar-refractivity contribution in [2.45, 2.75) is 26.4 Å². The molecule has 0 saturated carbocycles. The fourth-order valence-corrected chi connectivity index (χ4v) is 1.44. The van der Waals surface area contributed by atoms with Crippen molar-refractivity contribution >= 4 is 6.29 Å². The summed E-state index contributed by atoms with van der Waals surface area (Å²) in [5.41, 5.74) is 1.54. The number of rotatable bonds is 4. The van der Waals surface area contributed by atoms with Crippen LogP contribution in [0.1, 0.15) is 31.1 Å². The molecule has 0 spiro atoms. The number of hydrogen-bond donors (Lipinski definition) is 0. The van der Waals surface area contributed by atoms with Gasteiger partial charge >= 0.3 is 0 Å². The second-order valence-electron chi connectivity index (χ2n) is 3.88. The average Bonchev–Trinajstić information content (AvgIpc) is 2.16. The van der Waals surface area contributed by atoms with Crippen LogP contribution in [0.4, 0.5) is 4.39 Å². The molecule has 0 aliphatic rings. The van der Waals surface area contributed by atoms with E-state index in [4.69, 9.17) is 0 Å². The monoisotopic (exact) mass is 194 g/mol. The van der Waals surface area contributed by atoms with Crippen LogP contribution in [0.3, 0.4) is 0 Å². The highest BCUT2D eigenvalue weighted by atomic mass is 19.1. The minimum atomic E-state index is -1.48. The van der Waals surface area contributed by atoms with Crippen LogP contribution in [0.15, 0.2) is 24.3 Å².